The zero-order chi connectivity index (χ0) is 42.7. The second kappa shape index (κ2) is 16.4. The number of phenols is 1. The van der Waals surface area contributed by atoms with Crippen molar-refractivity contribution >= 4 is 89.7 Å². The summed E-state index contributed by atoms with van der Waals surface area (Å²) in [7, 11) is -23.8. The van der Waals surface area contributed by atoms with Crippen LogP contribution in [0.1, 0.15) is 0 Å². The van der Waals surface area contributed by atoms with Gasteiger partial charge >= 0.3 is 10.4 Å². The van der Waals surface area contributed by atoms with E-state index in [1.807, 2.05) is 0 Å². The molecule has 4 aromatic rings. The fourth-order valence-corrected chi connectivity index (χ4v) is 8.43. The smallest absolute Gasteiger partial charge is 0.397 e. The summed E-state index contributed by atoms with van der Waals surface area (Å²) >= 11 is 0. The molecule has 0 saturated carbocycles. The molecule has 0 spiro atoms. The van der Waals surface area contributed by atoms with Gasteiger partial charge in [-0.15, -0.1) is 10.2 Å². The Hall–Kier alpha value is -5.65. The number of allylic oxidation sites excluding steroid dienone is 2. The van der Waals surface area contributed by atoms with Crippen molar-refractivity contribution in [2.75, 3.05) is 18.1 Å². The number of hydrogen-bond donors (Lipinski definition) is 7. The third kappa shape index (κ3) is 11.2. The van der Waals surface area contributed by atoms with Crippen LogP contribution >= 0.6 is 0 Å². The molecule has 57 heavy (non-hydrogen) atoms. The number of aromatic hydroxyl groups is 1. The zero-order valence-electron chi connectivity index (χ0n) is 28.5. The summed E-state index contributed by atoms with van der Waals surface area (Å²) in [5, 5.41) is 25.1. The zero-order valence-corrected chi connectivity index (χ0v) is 32.6. The lowest BCUT2D eigenvalue weighted by molar-refractivity contribution is 0.284. The first-order chi connectivity index (χ1) is 26.2. The van der Waals surface area contributed by atoms with Crippen LogP contribution in [0.4, 0.5) is 28.4 Å². The average molecular weight is 888 g/mol. The first-order valence-corrected chi connectivity index (χ1v) is 22.4. The van der Waals surface area contributed by atoms with E-state index in [0.29, 0.717) is 12.1 Å². The Balaban J connectivity index is 1.77. The summed E-state index contributed by atoms with van der Waals surface area (Å²) in [6.07, 6.45) is 2.57. The molecule has 0 aliphatic carbocycles. The molecule has 27 heteroatoms. The fourth-order valence-electron chi connectivity index (χ4n) is 4.57. The lowest BCUT2D eigenvalue weighted by Crippen LogP contribution is -2.21. The number of sulfone groups is 1. The van der Waals surface area contributed by atoms with Gasteiger partial charge in [-0.25, -0.2) is 21.0 Å². The van der Waals surface area contributed by atoms with E-state index < -0.39 is 106 Å². The summed E-state index contributed by atoms with van der Waals surface area (Å²) < 4.78 is 156. The van der Waals surface area contributed by atoms with Crippen molar-refractivity contribution in [2.24, 2.45) is 26.2 Å². The Bertz CT molecular complexity index is 2950. The Morgan fingerprint density at radius 3 is 1.77 bits per heavy atom. The molecule has 0 aromatic heterocycles. The molecule has 0 atom stereocenters. The minimum atomic E-state index is -5.33. The van der Waals surface area contributed by atoms with Crippen molar-refractivity contribution in [1.82, 2.24) is 4.72 Å². The number of rotatable bonds is 16. The van der Waals surface area contributed by atoms with E-state index in [0.717, 1.165) is 48.5 Å². The maximum absolute atomic E-state index is 12.7. The van der Waals surface area contributed by atoms with Crippen LogP contribution in [0.5, 0.6) is 5.75 Å². The van der Waals surface area contributed by atoms with Crippen molar-refractivity contribution in [2.45, 2.75) is 19.6 Å². The van der Waals surface area contributed by atoms with E-state index in [1.54, 1.807) is 0 Å². The molecule has 304 valence electrons. The van der Waals surface area contributed by atoms with Gasteiger partial charge in [-0.05, 0) is 72.8 Å². The molecule has 0 bridgehead atoms. The number of nitrogens with two attached hydrogens (primary N) is 2. The lowest BCUT2D eigenvalue weighted by Gasteiger charge is -2.14. The molecule has 4 aromatic carbocycles. The highest BCUT2D eigenvalue weighted by molar-refractivity contribution is 7.91. The molecule has 22 nitrogen and oxygen atoms in total. The number of nitrogen functional groups attached to an aromatic ring is 1. The van der Waals surface area contributed by atoms with Gasteiger partial charge in [0.1, 0.15) is 21.2 Å². The Labute approximate surface area is 325 Å². The first kappa shape index (κ1) is 44.1. The molecular formula is C30H29N7O15S5. The van der Waals surface area contributed by atoms with E-state index in [9.17, 15) is 56.3 Å². The van der Waals surface area contributed by atoms with Crippen molar-refractivity contribution < 1.29 is 65.0 Å². The second-order valence-electron chi connectivity index (χ2n) is 11.2. The molecule has 0 heterocycles. The number of sulfonamides is 1. The van der Waals surface area contributed by atoms with Gasteiger partial charge in [-0.1, -0.05) is 13.2 Å². The lowest BCUT2D eigenvalue weighted by atomic mass is 10.0. The molecule has 0 fully saturated rings. The highest BCUT2D eigenvalue weighted by Gasteiger charge is 2.28. The van der Waals surface area contributed by atoms with Gasteiger partial charge in [-0.2, -0.15) is 35.5 Å². The van der Waals surface area contributed by atoms with Gasteiger partial charge < -0.3 is 16.6 Å². The maximum atomic E-state index is 12.7. The van der Waals surface area contributed by atoms with Gasteiger partial charge in [0.15, 0.2) is 15.6 Å². The summed E-state index contributed by atoms with van der Waals surface area (Å²) in [6.45, 7) is 6.10. The SMILES string of the molecule is C=C(N)/C=C\C(=C)NS(=O)(=O)c1ccc(N=Nc2c(S(=O)(=O)O)cc3c(S(=O)(=O)O)cc(N=Nc4ccc(S(=O)(=O)CCOS(=O)(=O)O)cc4)c(N)c3c2O)cc1. The van der Waals surface area contributed by atoms with Gasteiger partial charge in [0.2, 0.25) is 0 Å². The number of nitrogens with zero attached hydrogens (tertiary/aromatic N) is 4. The largest absolute Gasteiger partial charge is 0.505 e. The van der Waals surface area contributed by atoms with Crippen LogP contribution in [0.3, 0.4) is 0 Å². The highest BCUT2D eigenvalue weighted by Crippen LogP contribution is 2.48. The third-order valence-electron chi connectivity index (χ3n) is 7.10. The number of hydrogen-bond acceptors (Lipinski definition) is 18. The predicted molar refractivity (Wildman–Crippen MR) is 202 cm³/mol. The Morgan fingerprint density at radius 1 is 0.737 bits per heavy atom. The highest BCUT2D eigenvalue weighted by atomic mass is 32.3. The summed E-state index contributed by atoms with van der Waals surface area (Å²) in [5.74, 6) is -2.01. The van der Waals surface area contributed by atoms with Crippen LogP contribution in [0.15, 0.2) is 137 Å². The van der Waals surface area contributed by atoms with Crippen molar-refractivity contribution in [1.29, 1.82) is 0 Å². The predicted octanol–water partition coefficient (Wildman–Crippen LogP) is 3.87. The number of fused-ring (bicyclic) bond motifs is 1. The molecule has 9 N–H and O–H groups in total. The molecule has 0 radical (unpaired) electrons. The summed E-state index contributed by atoms with van der Waals surface area (Å²) in [6, 6.07) is 9.97. The van der Waals surface area contributed by atoms with E-state index in [1.165, 1.54) is 12.2 Å². The van der Waals surface area contributed by atoms with Gasteiger partial charge in [0.25, 0.3) is 30.3 Å². The minimum absolute atomic E-state index is 0.0513. The molecule has 0 unspecified atom stereocenters. The second-order valence-corrected chi connectivity index (χ2v) is 18.9. The van der Waals surface area contributed by atoms with Crippen LogP contribution in [0, 0.1) is 0 Å². The number of benzene rings is 4. The number of anilines is 1. The molecule has 4 rings (SSSR count). The van der Waals surface area contributed by atoms with Crippen molar-refractivity contribution in [3.05, 3.63) is 97.4 Å². The molecule has 0 aliphatic rings. The normalized spacial score (nSPS) is 13.2. The molecular weight excluding hydrogens is 859 g/mol. The minimum Gasteiger partial charge on any atom is -0.505 e. The van der Waals surface area contributed by atoms with Crippen molar-refractivity contribution in [3.8, 4) is 5.75 Å². The Morgan fingerprint density at radius 2 is 1.26 bits per heavy atom. The van der Waals surface area contributed by atoms with Crippen molar-refractivity contribution in [3.63, 3.8) is 0 Å². The van der Waals surface area contributed by atoms with Crippen LogP contribution < -0.4 is 16.2 Å². The van der Waals surface area contributed by atoms with E-state index in [2.05, 4.69) is 42.5 Å². The van der Waals surface area contributed by atoms with Crippen LogP contribution in [0.25, 0.3) is 10.8 Å². The standard InChI is InChI=1S/C30H29N7O15S5/c1-17(31)3-4-18(2)37-54(41,42)22-11-7-20(8-12-22)34-36-29-26(56(46,47)48)15-23-25(55(43,44)45)16-24(28(32)27(23)30(29)38)35-33-19-5-9-21(10-6-19)53(39,40)14-13-52-57(49,50)51/h3-12,15-16,37-38H,1-2,13-14,31-32H2,(H,43,44,45)(H,46,47,48)(H,49,50,51)/b4-3-,35-33?,36-34?. The monoisotopic (exact) mass is 887 g/mol. The summed E-state index contributed by atoms with van der Waals surface area (Å²) in [5.41, 5.74) is 9.44. The van der Waals surface area contributed by atoms with Crippen LogP contribution in [0.2, 0.25) is 0 Å². The van der Waals surface area contributed by atoms with Crippen LogP contribution in [-0.2, 0) is 54.7 Å². The number of azo groups is 2. The van der Waals surface area contributed by atoms with Gasteiger partial charge in [0.05, 0.1) is 44.6 Å². The van der Waals surface area contributed by atoms with E-state index >= 15 is 0 Å². The number of nitrogens with one attached hydrogen (secondary N) is 1. The topological polar surface area (TPSA) is 374 Å². The molecule has 0 aliphatic heterocycles. The van der Waals surface area contributed by atoms with E-state index in [-0.39, 0.29) is 32.6 Å². The molecule has 0 amide bonds. The van der Waals surface area contributed by atoms with Crippen LogP contribution in [-0.4, -0.2) is 73.2 Å². The first-order valence-electron chi connectivity index (χ1n) is 15.0. The third-order valence-corrected chi connectivity index (χ3v) is 12.4. The Kier molecular flexibility index (Phi) is 12.7. The van der Waals surface area contributed by atoms with Gasteiger partial charge in [-0.3, -0.25) is 18.4 Å². The van der Waals surface area contributed by atoms with E-state index in [4.69, 9.17) is 16.0 Å². The average Bonchev–Trinajstić information content (AvgIpc) is 3.08. The fraction of sp³-hybridized carbons (Fsp3) is 0.0667. The summed E-state index contributed by atoms with van der Waals surface area (Å²) in [4.78, 5) is -2.84. The molecule has 0 saturated heterocycles. The quantitative estimate of drug-likeness (QED) is 0.0363. The van der Waals surface area contributed by atoms with Gasteiger partial charge in [0, 0.05) is 16.8 Å². The maximum Gasteiger partial charge on any atom is 0.397 e. The number of phenolic OH excluding ortho intramolecular Hbond substituents is 1.